The SMILES string of the molecule is COc1ccccc1C1CN(C(=O)OC(C)(C)C)CCC12CCN(C(=O)C(OC)(c1cc(C)cc(C)c1)C(F)(F)F)CC2. The maximum Gasteiger partial charge on any atom is 0.430 e. The minimum absolute atomic E-state index is 0.128. The summed E-state index contributed by atoms with van der Waals surface area (Å²) in [4.78, 5) is 30.0. The van der Waals surface area contributed by atoms with Gasteiger partial charge >= 0.3 is 12.3 Å². The maximum atomic E-state index is 14.8. The van der Waals surface area contributed by atoms with E-state index in [1.165, 1.54) is 17.0 Å². The first-order valence-electron chi connectivity index (χ1n) is 14.7. The number of carbonyl (C=O) groups is 2. The molecule has 2 aliphatic heterocycles. The van der Waals surface area contributed by atoms with E-state index >= 15 is 0 Å². The molecule has 43 heavy (non-hydrogen) atoms. The smallest absolute Gasteiger partial charge is 0.430 e. The van der Waals surface area contributed by atoms with E-state index in [0.717, 1.165) is 12.7 Å². The zero-order valence-corrected chi connectivity index (χ0v) is 26.1. The first kappa shape index (κ1) is 32.6. The Labute approximate surface area is 252 Å². The second-order valence-corrected chi connectivity index (χ2v) is 12.9. The summed E-state index contributed by atoms with van der Waals surface area (Å²) in [7, 11) is 2.54. The lowest BCUT2D eigenvalue weighted by Gasteiger charge is -2.52. The molecule has 2 aliphatic rings. The molecule has 0 aromatic heterocycles. The maximum absolute atomic E-state index is 14.8. The van der Waals surface area contributed by atoms with Gasteiger partial charge in [-0.1, -0.05) is 47.5 Å². The van der Waals surface area contributed by atoms with Crippen LogP contribution in [0.25, 0.3) is 0 Å². The summed E-state index contributed by atoms with van der Waals surface area (Å²) in [6, 6.07) is 12.1. The lowest BCUT2D eigenvalue weighted by molar-refractivity contribution is -0.271. The Morgan fingerprint density at radius 1 is 0.884 bits per heavy atom. The highest BCUT2D eigenvalue weighted by Crippen LogP contribution is 2.53. The van der Waals surface area contributed by atoms with Gasteiger partial charge in [0.25, 0.3) is 11.5 Å². The van der Waals surface area contributed by atoms with Crippen LogP contribution >= 0.6 is 0 Å². The second kappa shape index (κ2) is 12.0. The number of hydrogen-bond donors (Lipinski definition) is 0. The molecule has 4 rings (SSSR count). The van der Waals surface area contributed by atoms with Crippen LogP contribution in [-0.4, -0.2) is 74.0 Å². The number of likely N-dealkylation sites (tertiary alicyclic amines) is 2. The molecule has 10 heteroatoms. The van der Waals surface area contributed by atoms with E-state index < -0.39 is 29.4 Å². The second-order valence-electron chi connectivity index (χ2n) is 12.9. The normalized spacial score (nSPS) is 20.5. The number of carbonyl (C=O) groups excluding carboxylic acids is 2. The summed E-state index contributed by atoms with van der Waals surface area (Å²) in [5.74, 6) is -0.597. The van der Waals surface area contributed by atoms with Crippen LogP contribution in [0.4, 0.5) is 18.0 Å². The molecule has 0 N–H and O–H groups in total. The first-order valence-corrected chi connectivity index (χ1v) is 14.7. The van der Waals surface area contributed by atoms with Crippen molar-refractivity contribution in [1.82, 2.24) is 9.80 Å². The van der Waals surface area contributed by atoms with Crippen LogP contribution < -0.4 is 4.74 Å². The Bertz CT molecular complexity index is 1310. The number of amides is 2. The molecule has 0 aliphatic carbocycles. The Balaban J connectivity index is 1.66. The standard InChI is InChI=1S/C33H43F3N2O5/c1-22-18-23(2)20-24(19-22)32(42-7,33(34,35)36)28(39)37-15-12-31(13-16-37)14-17-38(29(40)43-30(3,4)5)21-26(31)25-10-8-9-11-27(25)41-6/h8-11,18-20,26H,12-17,21H2,1-7H3. The van der Waals surface area contributed by atoms with Crippen molar-refractivity contribution in [3.05, 3.63) is 64.7 Å². The third-order valence-corrected chi connectivity index (χ3v) is 8.87. The molecule has 1 spiro atoms. The minimum atomic E-state index is -4.98. The Hall–Kier alpha value is -3.27. The van der Waals surface area contributed by atoms with Crippen molar-refractivity contribution in [2.75, 3.05) is 40.4 Å². The summed E-state index contributed by atoms with van der Waals surface area (Å²) in [6.45, 7) is 9.93. The Morgan fingerprint density at radius 2 is 1.44 bits per heavy atom. The van der Waals surface area contributed by atoms with Gasteiger partial charge in [0.2, 0.25) is 0 Å². The highest BCUT2D eigenvalue weighted by atomic mass is 19.4. The number of halogens is 3. The Morgan fingerprint density at radius 3 is 1.95 bits per heavy atom. The topological polar surface area (TPSA) is 68.3 Å². The van der Waals surface area contributed by atoms with Gasteiger partial charge in [-0.15, -0.1) is 0 Å². The molecule has 2 atom stereocenters. The number of ether oxygens (including phenoxy) is 3. The number of aryl methyl sites for hydroxylation is 2. The lowest BCUT2D eigenvalue weighted by Crippen LogP contribution is -2.60. The number of methoxy groups -OCH3 is 2. The van der Waals surface area contributed by atoms with Crippen LogP contribution in [0.1, 0.15) is 68.2 Å². The van der Waals surface area contributed by atoms with Gasteiger partial charge in [0.15, 0.2) is 0 Å². The number of piperidine rings is 2. The molecule has 2 amide bonds. The number of para-hydroxylation sites is 1. The molecule has 236 valence electrons. The van der Waals surface area contributed by atoms with E-state index in [4.69, 9.17) is 14.2 Å². The van der Waals surface area contributed by atoms with Crippen molar-refractivity contribution in [1.29, 1.82) is 0 Å². The fraction of sp³-hybridized carbons (Fsp3) is 0.576. The van der Waals surface area contributed by atoms with Gasteiger partial charge < -0.3 is 24.0 Å². The first-order chi connectivity index (χ1) is 20.1. The molecule has 2 aromatic carbocycles. The van der Waals surface area contributed by atoms with E-state index in [1.54, 1.807) is 31.9 Å². The van der Waals surface area contributed by atoms with Crippen molar-refractivity contribution in [2.45, 2.75) is 77.2 Å². The summed E-state index contributed by atoms with van der Waals surface area (Å²) in [5, 5.41) is 0. The van der Waals surface area contributed by atoms with Crippen molar-refractivity contribution in [3.63, 3.8) is 0 Å². The van der Waals surface area contributed by atoms with Crippen LogP contribution in [0.2, 0.25) is 0 Å². The van der Waals surface area contributed by atoms with Crippen LogP contribution in [-0.2, 0) is 19.9 Å². The van der Waals surface area contributed by atoms with Crippen LogP contribution in [0, 0.1) is 19.3 Å². The number of hydrogen-bond acceptors (Lipinski definition) is 5. The highest BCUT2D eigenvalue weighted by molar-refractivity contribution is 5.88. The van der Waals surface area contributed by atoms with Gasteiger partial charge in [0.05, 0.1) is 7.11 Å². The molecule has 2 saturated heterocycles. The summed E-state index contributed by atoms with van der Waals surface area (Å²) in [6.07, 6.45) is -3.84. The molecule has 0 saturated carbocycles. The minimum Gasteiger partial charge on any atom is -0.496 e. The highest BCUT2D eigenvalue weighted by Gasteiger charge is 2.64. The fourth-order valence-electron chi connectivity index (χ4n) is 6.80. The molecule has 2 heterocycles. The zero-order valence-electron chi connectivity index (χ0n) is 26.1. The van der Waals surface area contributed by atoms with Gasteiger partial charge in [-0.3, -0.25) is 4.79 Å². The van der Waals surface area contributed by atoms with Gasteiger partial charge in [-0.2, -0.15) is 13.2 Å². The number of benzene rings is 2. The monoisotopic (exact) mass is 604 g/mol. The number of alkyl halides is 3. The molecule has 0 radical (unpaired) electrons. The molecular formula is C33H43F3N2O5. The average Bonchev–Trinajstić information content (AvgIpc) is 2.92. The van der Waals surface area contributed by atoms with Gasteiger partial charge in [-0.25, -0.2) is 4.79 Å². The van der Waals surface area contributed by atoms with Crippen molar-refractivity contribution in [2.24, 2.45) is 5.41 Å². The van der Waals surface area contributed by atoms with Crippen LogP contribution in [0.15, 0.2) is 42.5 Å². The van der Waals surface area contributed by atoms with Crippen molar-refractivity contribution >= 4 is 12.0 Å². The van der Waals surface area contributed by atoms with E-state index in [1.807, 2.05) is 45.0 Å². The molecule has 2 unspecified atom stereocenters. The number of nitrogens with zero attached hydrogens (tertiary/aromatic N) is 2. The van der Waals surface area contributed by atoms with Crippen LogP contribution in [0.5, 0.6) is 5.75 Å². The Kier molecular flexibility index (Phi) is 9.12. The van der Waals surface area contributed by atoms with Crippen molar-refractivity contribution < 1.29 is 37.0 Å². The molecule has 2 aromatic rings. The summed E-state index contributed by atoms with van der Waals surface area (Å²) in [5.41, 5.74) is -2.20. The fourth-order valence-corrected chi connectivity index (χ4v) is 6.80. The summed E-state index contributed by atoms with van der Waals surface area (Å²) >= 11 is 0. The molecular weight excluding hydrogens is 561 g/mol. The average molecular weight is 605 g/mol. The number of rotatable bonds is 5. The van der Waals surface area contributed by atoms with Crippen LogP contribution in [0.3, 0.4) is 0 Å². The third kappa shape index (κ3) is 6.35. The molecule has 7 nitrogen and oxygen atoms in total. The third-order valence-electron chi connectivity index (χ3n) is 8.87. The lowest BCUT2D eigenvalue weighted by atomic mass is 9.62. The van der Waals surface area contributed by atoms with E-state index in [0.29, 0.717) is 49.2 Å². The predicted molar refractivity (Wildman–Crippen MR) is 157 cm³/mol. The van der Waals surface area contributed by atoms with Gasteiger partial charge in [0, 0.05) is 44.8 Å². The van der Waals surface area contributed by atoms with E-state index in [9.17, 15) is 22.8 Å². The summed E-state index contributed by atoms with van der Waals surface area (Å²) < 4.78 is 61.1. The predicted octanol–water partition coefficient (Wildman–Crippen LogP) is 6.75. The zero-order chi connectivity index (χ0) is 31.8. The molecule has 2 fully saturated rings. The quantitative estimate of drug-likeness (QED) is 0.378. The molecule has 0 bridgehead atoms. The van der Waals surface area contributed by atoms with Gasteiger partial charge in [0.1, 0.15) is 11.4 Å². The van der Waals surface area contributed by atoms with Crippen molar-refractivity contribution in [3.8, 4) is 5.75 Å². The van der Waals surface area contributed by atoms with Gasteiger partial charge in [-0.05, 0) is 70.9 Å². The van der Waals surface area contributed by atoms with E-state index in [2.05, 4.69) is 0 Å². The largest absolute Gasteiger partial charge is 0.496 e. The van der Waals surface area contributed by atoms with E-state index in [-0.39, 0.29) is 30.0 Å².